The molecule has 2 rings (SSSR count). The van der Waals surface area contributed by atoms with Gasteiger partial charge in [0.1, 0.15) is 0 Å². The highest BCUT2D eigenvalue weighted by molar-refractivity contribution is 5.94. The van der Waals surface area contributed by atoms with E-state index in [1.807, 2.05) is 0 Å². The zero-order valence-corrected chi connectivity index (χ0v) is 12.3. The van der Waals surface area contributed by atoms with Crippen molar-refractivity contribution in [1.82, 2.24) is 14.8 Å². The zero-order valence-electron chi connectivity index (χ0n) is 12.3. The summed E-state index contributed by atoms with van der Waals surface area (Å²) >= 11 is 0. The number of hydrogen-bond donors (Lipinski definition) is 0. The highest BCUT2D eigenvalue weighted by Gasteiger charge is 2.27. The Hall–Kier alpha value is -1.49. The lowest BCUT2D eigenvalue weighted by molar-refractivity contribution is 0.0611. The number of halogens is 1. The van der Waals surface area contributed by atoms with Crippen molar-refractivity contribution < 1.29 is 9.18 Å². The van der Waals surface area contributed by atoms with Crippen molar-refractivity contribution in [3.8, 4) is 0 Å². The van der Waals surface area contributed by atoms with Gasteiger partial charge in [-0.3, -0.25) is 9.78 Å². The topological polar surface area (TPSA) is 36.4 Å². The van der Waals surface area contributed by atoms with Gasteiger partial charge in [-0.15, -0.1) is 0 Å². The molecule has 0 N–H and O–H groups in total. The summed E-state index contributed by atoms with van der Waals surface area (Å²) in [4.78, 5) is 20.1. The Kier molecular flexibility index (Phi) is 4.70. The van der Waals surface area contributed by atoms with Gasteiger partial charge >= 0.3 is 0 Å². The summed E-state index contributed by atoms with van der Waals surface area (Å²) < 4.78 is 13.6. The second-order valence-corrected chi connectivity index (χ2v) is 5.63. The van der Waals surface area contributed by atoms with Crippen molar-refractivity contribution in [2.24, 2.45) is 0 Å². The van der Waals surface area contributed by atoms with Crippen molar-refractivity contribution in [3.05, 3.63) is 29.8 Å². The normalized spacial score (nSPS) is 17.4. The van der Waals surface area contributed by atoms with E-state index in [9.17, 15) is 9.18 Å². The third-order valence-electron chi connectivity index (χ3n) is 4.10. The van der Waals surface area contributed by atoms with Crippen LogP contribution in [0.15, 0.2) is 18.5 Å². The van der Waals surface area contributed by atoms with E-state index < -0.39 is 5.82 Å². The number of nitrogens with zero attached hydrogens (tertiary/aromatic N) is 3. The maximum absolute atomic E-state index is 13.6. The van der Waals surface area contributed by atoms with Gasteiger partial charge < -0.3 is 9.80 Å². The van der Waals surface area contributed by atoms with Crippen LogP contribution in [-0.2, 0) is 0 Å². The van der Waals surface area contributed by atoms with E-state index in [-0.39, 0.29) is 17.5 Å². The molecule has 0 bridgehead atoms. The highest BCUT2D eigenvalue weighted by Crippen LogP contribution is 2.19. The minimum absolute atomic E-state index is 0.105. The molecule has 1 aliphatic heterocycles. The van der Waals surface area contributed by atoms with Gasteiger partial charge in [0.15, 0.2) is 5.82 Å². The number of hydrogen-bond acceptors (Lipinski definition) is 3. The Morgan fingerprint density at radius 3 is 2.65 bits per heavy atom. The minimum atomic E-state index is -0.552. The molecule has 1 aromatic heterocycles. The first-order valence-corrected chi connectivity index (χ1v) is 7.11. The van der Waals surface area contributed by atoms with Gasteiger partial charge in [0.05, 0.1) is 11.8 Å². The Balaban J connectivity index is 2.00. The van der Waals surface area contributed by atoms with Crippen LogP contribution in [0.3, 0.4) is 0 Å². The Bertz CT molecular complexity index is 470. The molecule has 1 aliphatic rings. The van der Waals surface area contributed by atoms with Crippen LogP contribution in [-0.4, -0.2) is 52.9 Å². The number of piperidine rings is 1. The quantitative estimate of drug-likeness (QED) is 0.851. The van der Waals surface area contributed by atoms with Crippen molar-refractivity contribution in [2.45, 2.75) is 38.8 Å². The fourth-order valence-electron chi connectivity index (χ4n) is 2.69. The summed E-state index contributed by atoms with van der Waals surface area (Å²) in [5, 5.41) is 0. The van der Waals surface area contributed by atoms with E-state index in [4.69, 9.17) is 0 Å². The smallest absolute Gasteiger partial charge is 0.256 e. The van der Waals surface area contributed by atoms with E-state index in [0.29, 0.717) is 6.04 Å². The standard InChI is InChI=1S/C15H22FN3O/c1-11(2)19-8-5-12(6-9-19)18(3)15(20)13-4-7-17-10-14(13)16/h4,7,10-12H,5-6,8-9H2,1-3H3. The van der Waals surface area contributed by atoms with Crippen LogP contribution in [0.1, 0.15) is 37.0 Å². The third kappa shape index (κ3) is 3.15. The average Bonchev–Trinajstić information content (AvgIpc) is 2.46. The summed E-state index contributed by atoms with van der Waals surface area (Å²) in [6.45, 7) is 6.33. The van der Waals surface area contributed by atoms with Crippen LogP contribution >= 0.6 is 0 Å². The van der Waals surface area contributed by atoms with Crippen LogP contribution in [0.5, 0.6) is 0 Å². The SMILES string of the molecule is CC(C)N1CCC(N(C)C(=O)c2ccncc2F)CC1. The minimum Gasteiger partial charge on any atom is -0.339 e. The molecule has 0 unspecified atom stereocenters. The number of rotatable bonds is 3. The molecule has 110 valence electrons. The second-order valence-electron chi connectivity index (χ2n) is 5.63. The molecule has 0 saturated carbocycles. The molecule has 2 heterocycles. The molecule has 4 nitrogen and oxygen atoms in total. The summed E-state index contributed by atoms with van der Waals surface area (Å²) in [5.74, 6) is -0.808. The molecule has 0 aliphatic carbocycles. The number of carbonyl (C=O) groups excluding carboxylic acids is 1. The predicted octanol–water partition coefficient (Wildman–Crippen LogP) is 2.17. The summed E-state index contributed by atoms with van der Waals surface area (Å²) in [6.07, 6.45) is 4.41. The van der Waals surface area contributed by atoms with E-state index in [1.165, 1.54) is 12.3 Å². The highest BCUT2D eigenvalue weighted by atomic mass is 19.1. The van der Waals surface area contributed by atoms with Crippen molar-refractivity contribution in [2.75, 3.05) is 20.1 Å². The van der Waals surface area contributed by atoms with Crippen LogP contribution in [0.4, 0.5) is 4.39 Å². The van der Waals surface area contributed by atoms with Crippen LogP contribution in [0.2, 0.25) is 0 Å². The second kappa shape index (κ2) is 6.31. The summed E-state index contributed by atoms with van der Waals surface area (Å²) in [6, 6.07) is 2.16. The van der Waals surface area contributed by atoms with E-state index in [1.54, 1.807) is 11.9 Å². The number of pyridine rings is 1. The summed E-state index contributed by atoms with van der Waals surface area (Å²) in [7, 11) is 1.76. The van der Waals surface area contributed by atoms with E-state index in [0.717, 1.165) is 32.1 Å². The molecular formula is C15H22FN3O. The van der Waals surface area contributed by atoms with Crippen LogP contribution in [0, 0.1) is 5.82 Å². The Labute approximate surface area is 119 Å². The average molecular weight is 279 g/mol. The number of likely N-dealkylation sites (tertiary alicyclic amines) is 1. The first-order chi connectivity index (χ1) is 9.50. The number of aromatic nitrogens is 1. The van der Waals surface area contributed by atoms with E-state index >= 15 is 0 Å². The maximum Gasteiger partial charge on any atom is 0.256 e. The van der Waals surface area contributed by atoms with Crippen molar-refractivity contribution >= 4 is 5.91 Å². The van der Waals surface area contributed by atoms with Crippen LogP contribution < -0.4 is 0 Å². The first-order valence-electron chi connectivity index (χ1n) is 7.11. The number of amides is 1. The van der Waals surface area contributed by atoms with E-state index in [2.05, 4.69) is 23.7 Å². The van der Waals surface area contributed by atoms with Crippen molar-refractivity contribution in [3.63, 3.8) is 0 Å². The monoisotopic (exact) mass is 279 g/mol. The lowest BCUT2D eigenvalue weighted by Gasteiger charge is -2.38. The zero-order chi connectivity index (χ0) is 14.7. The third-order valence-corrected chi connectivity index (χ3v) is 4.10. The molecule has 5 heteroatoms. The lowest BCUT2D eigenvalue weighted by Crippen LogP contribution is -2.47. The van der Waals surface area contributed by atoms with Crippen molar-refractivity contribution in [1.29, 1.82) is 0 Å². The Morgan fingerprint density at radius 1 is 1.45 bits per heavy atom. The molecule has 1 aromatic rings. The fraction of sp³-hybridized carbons (Fsp3) is 0.600. The first kappa shape index (κ1) is 14.9. The predicted molar refractivity (Wildman–Crippen MR) is 76.0 cm³/mol. The molecule has 1 amide bonds. The molecule has 0 atom stereocenters. The molecule has 0 radical (unpaired) electrons. The molecule has 1 saturated heterocycles. The van der Waals surface area contributed by atoms with Gasteiger partial charge in [-0.1, -0.05) is 0 Å². The van der Waals surface area contributed by atoms with Gasteiger partial charge in [0.2, 0.25) is 0 Å². The molecule has 1 fully saturated rings. The van der Waals surface area contributed by atoms with Gasteiger partial charge in [-0.2, -0.15) is 0 Å². The molecule has 0 aromatic carbocycles. The van der Waals surface area contributed by atoms with Gasteiger partial charge in [-0.25, -0.2) is 4.39 Å². The summed E-state index contributed by atoms with van der Waals surface area (Å²) in [5.41, 5.74) is 0.105. The Morgan fingerprint density at radius 2 is 2.10 bits per heavy atom. The van der Waals surface area contributed by atoms with Gasteiger partial charge in [0, 0.05) is 38.4 Å². The maximum atomic E-state index is 13.6. The molecule has 0 spiro atoms. The largest absolute Gasteiger partial charge is 0.339 e. The van der Waals surface area contributed by atoms with Gasteiger partial charge in [0.25, 0.3) is 5.91 Å². The number of carbonyl (C=O) groups is 1. The lowest BCUT2D eigenvalue weighted by atomic mass is 10.0. The van der Waals surface area contributed by atoms with Crippen LogP contribution in [0.25, 0.3) is 0 Å². The van der Waals surface area contributed by atoms with Gasteiger partial charge in [-0.05, 0) is 32.8 Å². The fourth-order valence-corrected chi connectivity index (χ4v) is 2.69. The molecular weight excluding hydrogens is 257 g/mol. The molecule has 20 heavy (non-hydrogen) atoms.